The Labute approximate surface area is 192 Å². The molecule has 0 aliphatic carbocycles. The minimum Gasteiger partial charge on any atom is -0.457 e. The normalized spacial score (nSPS) is 15.6. The van der Waals surface area contributed by atoms with E-state index in [1.54, 1.807) is 6.20 Å². The van der Waals surface area contributed by atoms with E-state index in [9.17, 15) is 4.79 Å². The van der Waals surface area contributed by atoms with Crippen molar-refractivity contribution in [3.8, 4) is 22.8 Å². The van der Waals surface area contributed by atoms with Gasteiger partial charge in [0, 0.05) is 54.5 Å². The zero-order valence-corrected chi connectivity index (χ0v) is 18.8. The third-order valence-electron chi connectivity index (χ3n) is 6.11. The lowest BCUT2D eigenvalue weighted by molar-refractivity contribution is 0.0939. The molecular weight excluding hydrogens is 414 g/mol. The molecule has 1 aliphatic rings. The molecule has 0 saturated carbocycles. The van der Waals surface area contributed by atoms with Gasteiger partial charge in [0.25, 0.3) is 5.91 Å². The van der Waals surface area contributed by atoms with E-state index in [0.717, 1.165) is 65.0 Å². The van der Waals surface area contributed by atoms with E-state index in [0.29, 0.717) is 5.75 Å². The van der Waals surface area contributed by atoms with E-state index in [1.165, 1.54) is 0 Å². The minimum absolute atomic E-state index is 0.0114. The molecular formula is C26H27N5O2. The molecule has 5 rings (SSSR count). The average Bonchev–Trinajstić information content (AvgIpc) is 3.48. The summed E-state index contributed by atoms with van der Waals surface area (Å²) in [6.07, 6.45) is 5.31. The number of carbonyl (C=O) groups is 1. The van der Waals surface area contributed by atoms with Gasteiger partial charge in [-0.05, 0) is 55.3 Å². The van der Waals surface area contributed by atoms with Gasteiger partial charge in [-0.1, -0.05) is 13.0 Å². The van der Waals surface area contributed by atoms with Gasteiger partial charge in [-0.25, -0.2) is 0 Å². The Hall–Kier alpha value is -3.71. The Bertz CT molecular complexity index is 1310. The van der Waals surface area contributed by atoms with Crippen LogP contribution in [0.15, 0.2) is 60.9 Å². The van der Waals surface area contributed by atoms with Crippen molar-refractivity contribution in [1.82, 2.24) is 25.4 Å². The highest BCUT2D eigenvalue weighted by Gasteiger charge is 2.19. The molecule has 168 valence electrons. The third-order valence-corrected chi connectivity index (χ3v) is 6.11. The zero-order chi connectivity index (χ0) is 22.8. The Morgan fingerprint density at radius 1 is 1.18 bits per heavy atom. The van der Waals surface area contributed by atoms with Gasteiger partial charge in [0.1, 0.15) is 11.5 Å². The maximum atomic E-state index is 12.8. The van der Waals surface area contributed by atoms with Gasteiger partial charge in [-0.15, -0.1) is 0 Å². The van der Waals surface area contributed by atoms with Crippen molar-refractivity contribution in [3.05, 3.63) is 72.1 Å². The molecule has 2 aromatic heterocycles. The summed E-state index contributed by atoms with van der Waals surface area (Å²) in [4.78, 5) is 17.3. The molecule has 1 amide bonds. The lowest BCUT2D eigenvalue weighted by atomic mass is 9.99. The number of hydrogen-bond acceptors (Lipinski definition) is 5. The first-order valence-corrected chi connectivity index (χ1v) is 11.3. The van der Waals surface area contributed by atoms with Crippen molar-refractivity contribution < 1.29 is 9.53 Å². The number of ether oxygens (including phenoxy) is 1. The van der Waals surface area contributed by atoms with Crippen LogP contribution in [-0.4, -0.2) is 39.8 Å². The van der Waals surface area contributed by atoms with Crippen LogP contribution in [0.1, 0.15) is 29.3 Å². The van der Waals surface area contributed by atoms with Gasteiger partial charge >= 0.3 is 0 Å². The first-order chi connectivity index (χ1) is 16.1. The fourth-order valence-electron chi connectivity index (χ4n) is 4.26. The highest BCUT2D eigenvalue weighted by molar-refractivity contribution is 5.96. The van der Waals surface area contributed by atoms with Crippen molar-refractivity contribution in [3.63, 3.8) is 0 Å². The monoisotopic (exact) mass is 441 g/mol. The molecule has 1 aliphatic heterocycles. The molecule has 3 heterocycles. The summed E-state index contributed by atoms with van der Waals surface area (Å²) < 4.78 is 7.94. The maximum Gasteiger partial charge on any atom is 0.251 e. The Balaban J connectivity index is 1.38. The number of carbonyl (C=O) groups excluding carboxylic acids is 1. The van der Waals surface area contributed by atoms with Crippen LogP contribution in [0.4, 0.5) is 0 Å². The second-order valence-electron chi connectivity index (χ2n) is 8.36. The molecule has 1 atom stereocenters. The number of nitrogens with one attached hydrogen (secondary N) is 2. The first-order valence-electron chi connectivity index (χ1n) is 11.3. The topological polar surface area (TPSA) is 81.1 Å². The van der Waals surface area contributed by atoms with E-state index >= 15 is 0 Å². The van der Waals surface area contributed by atoms with Crippen LogP contribution in [-0.2, 0) is 13.5 Å². The number of fused-ring (bicyclic) bond motifs is 1. The van der Waals surface area contributed by atoms with E-state index in [2.05, 4.69) is 33.7 Å². The summed E-state index contributed by atoms with van der Waals surface area (Å²) in [6.45, 7) is 3.84. The smallest absolute Gasteiger partial charge is 0.251 e. The summed E-state index contributed by atoms with van der Waals surface area (Å²) in [5, 5.41) is 11.8. The number of benzene rings is 2. The van der Waals surface area contributed by atoms with Gasteiger partial charge < -0.3 is 15.4 Å². The highest BCUT2D eigenvalue weighted by atomic mass is 16.5. The summed E-state index contributed by atoms with van der Waals surface area (Å²) >= 11 is 0. The number of hydrogen-bond donors (Lipinski definition) is 2. The molecule has 0 unspecified atom stereocenters. The standard InChI is InChI=1S/C26H27N5O2/c1-3-17-12-18(5-7-23(17)26(32)30-20-8-10-27-16-20)24-13-22(9-11-28-24)33-21-6-4-19-15-29-31(2)25(19)14-21/h4-7,9,11-15,20,27H,3,8,10,16H2,1-2H3,(H,30,32)/t20-/m1/s1. The van der Waals surface area contributed by atoms with E-state index in [1.807, 2.05) is 60.4 Å². The van der Waals surface area contributed by atoms with Crippen molar-refractivity contribution in [2.75, 3.05) is 13.1 Å². The summed E-state index contributed by atoms with van der Waals surface area (Å²) in [7, 11) is 1.91. The average molecular weight is 442 g/mol. The second-order valence-corrected chi connectivity index (χ2v) is 8.36. The number of pyridine rings is 1. The zero-order valence-electron chi connectivity index (χ0n) is 18.8. The lowest BCUT2D eigenvalue weighted by Gasteiger charge is -2.15. The van der Waals surface area contributed by atoms with Crippen molar-refractivity contribution in [2.45, 2.75) is 25.8 Å². The molecule has 2 N–H and O–H groups in total. The number of rotatable bonds is 6. The Morgan fingerprint density at radius 3 is 2.88 bits per heavy atom. The van der Waals surface area contributed by atoms with Gasteiger partial charge in [0.05, 0.1) is 17.4 Å². The molecule has 0 bridgehead atoms. The Morgan fingerprint density at radius 2 is 2.06 bits per heavy atom. The third kappa shape index (κ3) is 4.45. The van der Waals surface area contributed by atoms with E-state index in [4.69, 9.17) is 4.74 Å². The minimum atomic E-state index is -0.0114. The van der Waals surface area contributed by atoms with Gasteiger partial charge in [-0.2, -0.15) is 5.10 Å². The lowest BCUT2D eigenvalue weighted by Crippen LogP contribution is -2.36. The van der Waals surface area contributed by atoms with Crippen LogP contribution in [0.2, 0.25) is 0 Å². The van der Waals surface area contributed by atoms with Gasteiger partial charge in [-0.3, -0.25) is 14.5 Å². The highest BCUT2D eigenvalue weighted by Crippen LogP contribution is 2.29. The number of aromatic nitrogens is 3. The molecule has 33 heavy (non-hydrogen) atoms. The van der Waals surface area contributed by atoms with Crippen LogP contribution in [0.5, 0.6) is 11.5 Å². The van der Waals surface area contributed by atoms with Crippen LogP contribution >= 0.6 is 0 Å². The quantitative estimate of drug-likeness (QED) is 0.471. The predicted molar refractivity (Wildman–Crippen MR) is 129 cm³/mol. The van der Waals surface area contributed by atoms with Crippen LogP contribution in [0, 0.1) is 0 Å². The molecule has 4 aromatic rings. The van der Waals surface area contributed by atoms with Crippen LogP contribution in [0.25, 0.3) is 22.2 Å². The largest absolute Gasteiger partial charge is 0.457 e. The molecule has 7 heteroatoms. The molecule has 1 saturated heterocycles. The molecule has 7 nitrogen and oxygen atoms in total. The maximum absolute atomic E-state index is 12.8. The van der Waals surface area contributed by atoms with Crippen molar-refractivity contribution in [1.29, 1.82) is 0 Å². The van der Waals surface area contributed by atoms with Crippen LogP contribution < -0.4 is 15.4 Å². The summed E-state index contributed by atoms with van der Waals surface area (Å²) in [5.74, 6) is 1.43. The second kappa shape index (κ2) is 9.03. The fraction of sp³-hybridized carbons (Fsp3) is 0.269. The van der Waals surface area contributed by atoms with Crippen molar-refractivity contribution in [2.24, 2.45) is 7.05 Å². The van der Waals surface area contributed by atoms with E-state index < -0.39 is 0 Å². The molecule has 2 aromatic carbocycles. The molecule has 1 fully saturated rings. The molecule has 0 spiro atoms. The predicted octanol–water partition coefficient (Wildman–Crippen LogP) is 4.08. The number of aryl methyl sites for hydroxylation is 2. The SMILES string of the molecule is CCc1cc(-c2cc(Oc3ccc4cnn(C)c4c3)ccn2)ccc1C(=O)N[C@@H]1CCNC1. The number of amides is 1. The first kappa shape index (κ1) is 21.2. The van der Waals surface area contributed by atoms with Gasteiger partial charge in [0.2, 0.25) is 0 Å². The fourth-order valence-corrected chi connectivity index (χ4v) is 4.26. The van der Waals surface area contributed by atoms with Crippen molar-refractivity contribution >= 4 is 16.8 Å². The van der Waals surface area contributed by atoms with E-state index in [-0.39, 0.29) is 11.9 Å². The number of nitrogens with zero attached hydrogens (tertiary/aromatic N) is 3. The Kier molecular flexibility index (Phi) is 5.79. The summed E-state index contributed by atoms with van der Waals surface area (Å²) in [5.41, 5.74) is 4.50. The van der Waals surface area contributed by atoms with Crippen LogP contribution in [0.3, 0.4) is 0 Å². The van der Waals surface area contributed by atoms with Gasteiger partial charge in [0.15, 0.2) is 0 Å². The molecule has 0 radical (unpaired) electrons. The summed E-state index contributed by atoms with van der Waals surface area (Å²) in [6, 6.07) is 15.8.